The Morgan fingerprint density at radius 1 is 1.57 bits per heavy atom. The van der Waals surface area contributed by atoms with Gasteiger partial charge >= 0.3 is 0 Å². The first-order valence-electron chi connectivity index (χ1n) is 5.68. The van der Waals surface area contributed by atoms with E-state index >= 15 is 0 Å². The standard InChI is InChI=1S/C11H20N2O/c1-11(4-2-5-11)8-13-10(14)9-3-6-12-7-9/h9,12H,2-8H2,1H3,(H,13,14)/t9-/m1/s1. The SMILES string of the molecule is CC1(CNC(=O)[C@@H]2CCNC2)CCC1. The second-order valence-corrected chi connectivity index (χ2v) is 5.07. The Morgan fingerprint density at radius 3 is 2.86 bits per heavy atom. The number of carbonyl (C=O) groups is 1. The fourth-order valence-electron chi connectivity index (χ4n) is 2.28. The fourth-order valence-corrected chi connectivity index (χ4v) is 2.28. The second-order valence-electron chi connectivity index (χ2n) is 5.07. The van der Waals surface area contributed by atoms with Crippen molar-refractivity contribution >= 4 is 5.91 Å². The van der Waals surface area contributed by atoms with E-state index < -0.39 is 0 Å². The van der Waals surface area contributed by atoms with Crippen molar-refractivity contribution in [1.82, 2.24) is 10.6 Å². The molecule has 1 saturated carbocycles. The lowest BCUT2D eigenvalue weighted by atomic mass is 9.70. The molecule has 3 heteroatoms. The zero-order chi connectivity index (χ0) is 10.0. The maximum absolute atomic E-state index is 11.7. The molecule has 1 saturated heterocycles. The van der Waals surface area contributed by atoms with Gasteiger partial charge in [0.2, 0.25) is 5.91 Å². The molecule has 0 bridgehead atoms. The highest BCUT2D eigenvalue weighted by Crippen LogP contribution is 2.39. The average Bonchev–Trinajstić information content (AvgIpc) is 2.63. The molecule has 0 aromatic carbocycles. The Kier molecular flexibility index (Phi) is 2.77. The van der Waals surface area contributed by atoms with Crippen LogP contribution in [0.2, 0.25) is 0 Å². The summed E-state index contributed by atoms with van der Waals surface area (Å²) in [7, 11) is 0. The molecule has 2 rings (SSSR count). The summed E-state index contributed by atoms with van der Waals surface area (Å²) in [5, 5.41) is 6.31. The first-order valence-corrected chi connectivity index (χ1v) is 5.68. The minimum absolute atomic E-state index is 0.221. The van der Waals surface area contributed by atoms with Gasteiger partial charge in [-0.25, -0.2) is 0 Å². The number of carbonyl (C=O) groups excluding carboxylic acids is 1. The van der Waals surface area contributed by atoms with Crippen molar-refractivity contribution < 1.29 is 4.79 Å². The van der Waals surface area contributed by atoms with Crippen LogP contribution >= 0.6 is 0 Å². The number of hydrogen-bond acceptors (Lipinski definition) is 2. The first-order chi connectivity index (χ1) is 6.70. The number of hydrogen-bond donors (Lipinski definition) is 2. The van der Waals surface area contributed by atoms with Gasteiger partial charge in [0.15, 0.2) is 0 Å². The number of nitrogens with one attached hydrogen (secondary N) is 2. The number of rotatable bonds is 3. The van der Waals surface area contributed by atoms with Crippen LogP contribution < -0.4 is 10.6 Å². The molecule has 2 aliphatic rings. The lowest BCUT2D eigenvalue weighted by Gasteiger charge is -2.38. The molecule has 1 aliphatic carbocycles. The molecule has 1 aliphatic heterocycles. The van der Waals surface area contributed by atoms with Gasteiger partial charge in [-0.05, 0) is 31.2 Å². The highest BCUT2D eigenvalue weighted by molar-refractivity contribution is 5.79. The topological polar surface area (TPSA) is 41.1 Å². The highest BCUT2D eigenvalue weighted by atomic mass is 16.1. The molecule has 0 aromatic rings. The maximum Gasteiger partial charge on any atom is 0.224 e. The van der Waals surface area contributed by atoms with Crippen LogP contribution in [0.25, 0.3) is 0 Å². The minimum Gasteiger partial charge on any atom is -0.355 e. The van der Waals surface area contributed by atoms with E-state index in [9.17, 15) is 4.79 Å². The molecule has 1 heterocycles. The van der Waals surface area contributed by atoms with Gasteiger partial charge in [-0.3, -0.25) is 4.79 Å². The molecule has 0 aromatic heterocycles. The zero-order valence-corrected chi connectivity index (χ0v) is 8.94. The lowest BCUT2D eigenvalue weighted by molar-refractivity contribution is -0.125. The largest absolute Gasteiger partial charge is 0.355 e. The molecule has 0 unspecified atom stereocenters. The summed E-state index contributed by atoms with van der Waals surface area (Å²) >= 11 is 0. The summed E-state index contributed by atoms with van der Waals surface area (Å²) in [6.45, 7) is 5.00. The molecule has 1 amide bonds. The number of amides is 1. The van der Waals surface area contributed by atoms with Crippen LogP contribution in [-0.4, -0.2) is 25.5 Å². The fraction of sp³-hybridized carbons (Fsp3) is 0.909. The Hall–Kier alpha value is -0.570. The van der Waals surface area contributed by atoms with Crippen molar-refractivity contribution in [3.05, 3.63) is 0 Å². The van der Waals surface area contributed by atoms with Crippen molar-refractivity contribution in [3.8, 4) is 0 Å². The smallest absolute Gasteiger partial charge is 0.224 e. The summed E-state index contributed by atoms with van der Waals surface area (Å²) in [6, 6.07) is 0. The third kappa shape index (κ3) is 2.08. The van der Waals surface area contributed by atoms with Gasteiger partial charge in [-0.2, -0.15) is 0 Å². The third-order valence-corrected chi connectivity index (χ3v) is 3.68. The van der Waals surface area contributed by atoms with Crippen LogP contribution in [0, 0.1) is 11.3 Å². The molecule has 2 N–H and O–H groups in total. The molecular weight excluding hydrogens is 176 g/mol. The Bertz CT molecular complexity index is 217. The molecule has 2 fully saturated rings. The van der Waals surface area contributed by atoms with Crippen LogP contribution in [0.1, 0.15) is 32.6 Å². The van der Waals surface area contributed by atoms with Crippen molar-refractivity contribution in [3.63, 3.8) is 0 Å². The van der Waals surface area contributed by atoms with Gasteiger partial charge in [0, 0.05) is 13.1 Å². The van der Waals surface area contributed by atoms with E-state index in [2.05, 4.69) is 17.6 Å². The van der Waals surface area contributed by atoms with Crippen LogP contribution in [0.15, 0.2) is 0 Å². The molecule has 0 radical (unpaired) electrons. The van der Waals surface area contributed by atoms with E-state index in [-0.39, 0.29) is 11.8 Å². The monoisotopic (exact) mass is 196 g/mol. The lowest BCUT2D eigenvalue weighted by Crippen LogP contribution is -2.42. The minimum atomic E-state index is 0.221. The summed E-state index contributed by atoms with van der Waals surface area (Å²) in [4.78, 5) is 11.7. The summed E-state index contributed by atoms with van der Waals surface area (Å²) in [5.74, 6) is 0.474. The Balaban J connectivity index is 1.71. The predicted octanol–water partition coefficient (Wildman–Crippen LogP) is 0.902. The van der Waals surface area contributed by atoms with Gasteiger partial charge in [0.05, 0.1) is 5.92 Å². The van der Waals surface area contributed by atoms with Crippen molar-refractivity contribution in [2.75, 3.05) is 19.6 Å². The summed E-state index contributed by atoms with van der Waals surface area (Å²) in [6.07, 6.45) is 4.88. The average molecular weight is 196 g/mol. The van der Waals surface area contributed by atoms with Gasteiger partial charge in [-0.1, -0.05) is 13.3 Å². The van der Waals surface area contributed by atoms with Gasteiger partial charge < -0.3 is 10.6 Å². The first kappa shape index (κ1) is 9.97. The van der Waals surface area contributed by atoms with E-state index in [0.29, 0.717) is 5.41 Å². The van der Waals surface area contributed by atoms with Crippen LogP contribution in [-0.2, 0) is 4.79 Å². The van der Waals surface area contributed by atoms with Crippen molar-refractivity contribution in [2.45, 2.75) is 32.6 Å². The van der Waals surface area contributed by atoms with E-state index in [4.69, 9.17) is 0 Å². The highest BCUT2D eigenvalue weighted by Gasteiger charge is 2.32. The molecule has 1 atom stereocenters. The molecule has 80 valence electrons. The van der Waals surface area contributed by atoms with Crippen LogP contribution in [0.3, 0.4) is 0 Å². The van der Waals surface area contributed by atoms with E-state index in [1.165, 1.54) is 19.3 Å². The van der Waals surface area contributed by atoms with Gasteiger partial charge in [0.1, 0.15) is 0 Å². The van der Waals surface area contributed by atoms with Crippen molar-refractivity contribution in [1.29, 1.82) is 0 Å². The molecule has 0 spiro atoms. The summed E-state index contributed by atoms with van der Waals surface area (Å²) < 4.78 is 0. The molecule has 3 nitrogen and oxygen atoms in total. The van der Waals surface area contributed by atoms with E-state index in [0.717, 1.165) is 26.1 Å². The normalized spacial score (nSPS) is 29.6. The predicted molar refractivity (Wildman–Crippen MR) is 55.9 cm³/mol. The molecular formula is C11H20N2O. The Labute approximate surface area is 85.6 Å². The zero-order valence-electron chi connectivity index (χ0n) is 8.94. The molecule has 14 heavy (non-hydrogen) atoms. The maximum atomic E-state index is 11.7. The second kappa shape index (κ2) is 3.89. The van der Waals surface area contributed by atoms with Crippen molar-refractivity contribution in [2.24, 2.45) is 11.3 Å². The summed E-state index contributed by atoms with van der Waals surface area (Å²) in [5.41, 5.74) is 0.404. The van der Waals surface area contributed by atoms with E-state index in [1.807, 2.05) is 0 Å². The van der Waals surface area contributed by atoms with Crippen LogP contribution in [0.4, 0.5) is 0 Å². The van der Waals surface area contributed by atoms with E-state index in [1.54, 1.807) is 0 Å². The third-order valence-electron chi connectivity index (χ3n) is 3.68. The van der Waals surface area contributed by atoms with Gasteiger partial charge in [0.25, 0.3) is 0 Å². The van der Waals surface area contributed by atoms with Crippen LogP contribution in [0.5, 0.6) is 0 Å². The Morgan fingerprint density at radius 2 is 2.36 bits per heavy atom. The quantitative estimate of drug-likeness (QED) is 0.704. The van der Waals surface area contributed by atoms with Gasteiger partial charge in [-0.15, -0.1) is 0 Å².